The number of aromatic amines is 4. The molecule has 5 aliphatic heterocycles. The van der Waals surface area contributed by atoms with E-state index in [1.165, 1.54) is 90.3 Å². The molecule has 0 bridgehead atoms. The van der Waals surface area contributed by atoms with Crippen molar-refractivity contribution in [1.29, 1.82) is 0 Å². The molecule has 46 nitrogen and oxygen atoms in total. The molecule has 5 aliphatic rings. The Bertz CT molecular complexity index is 5890. The average Bonchev–Trinajstić information content (AvgIpc) is 1.61. The lowest BCUT2D eigenvalue weighted by Gasteiger charge is -2.28. The van der Waals surface area contributed by atoms with Crippen LogP contribution >= 0.6 is 12.2 Å². The monoisotopic (exact) mass is 1780 g/mol. The van der Waals surface area contributed by atoms with Crippen LogP contribution in [0, 0.1) is 69.7 Å². The summed E-state index contributed by atoms with van der Waals surface area (Å²) in [7, 11) is 0. The Morgan fingerprint density at radius 1 is 0.440 bits per heavy atom. The van der Waals surface area contributed by atoms with Crippen molar-refractivity contribution in [1.82, 2.24) is 87.6 Å². The molecule has 10 aromatic rings. The van der Waals surface area contributed by atoms with E-state index in [1.54, 1.807) is 0 Å². The molecule has 15 rings (SSSR count). The number of anilines is 5. The highest BCUT2D eigenvalue weighted by Crippen LogP contribution is 2.45. The van der Waals surface area contributed by atoms with Gasteiger partial charge >= 0.3 is 0 Å². The van der Waals surface area contributed by atoms with Crippen LogP contribution in [0.1, 0.15) is 65.8 Å². The van der Waals surface area contributed by atoms with E-state index >= 15 is 0 Å². The van der Waals surface area contributed by atoms with Crippen LogP contribution in [0.5, 0.6) is 0 Å². The lowest BCUT2D eigenvalue weighted by molar-refractivity contribution is -0.0757. The first kappa shape index (κ1) is 93.8. The predicted molar refractivity (Wildman–Crippen MR) is 430 cm³/mol. The van der Waals surface area contributed by atoms with Crippen LogP contribution in [0.15, 0.2) is 58.0 Å². The lowest BCUT2D eigenvalue weighted by Crippen LogP contribution is -2.54. The fourth-order valence-corrected chi connectivity index (χ4v) is 14.8. The van der Waals surface area contributed by atoms with E-state index in [4.69, 9.17) is 93.2 Å². The van der Waals surface area contributed by atoms with E-state index in [2.05, 4.69) is 124 Å². The minimum absolute atomic E-state index is 0.0198. The van der Waals surface area contributed by atoms with E-state index in [0.29, 0.717) is 22.3 Å². The van der Waals surface area contributed by atoms with Gasteiger partial charge in [0.1, 0.15) is 116 Å². The molecule has 10 aromatic heterocycles. The van der Waals surface area contributed by atoms with Crippen LogP contribution in [0.3, 0.4) is 0 Å². The molecule has 125 heavy (non-hydrogen) atoms. The third kappa shape index (κ3) is 17.6. The Kier molecular flexibility index (Phi) is 27.8. The minimum Gasteiger partial charge on any atom is -0.391 e. The molecular weight excluding hydrogens is 1690 g/mol. The molecule has 53 heteroatoms. The third-order valence-electron chi connectivity index (χ3n) is 20.5. The van der Waals surface area contributed by atoms with Crippen LogP contribution in [0.25, 0.3) is 55.6 Å². The lowest BCUT2D eigenvalue weighted by atomic mass is 9.90. The van der Waals surface area contributed by atoms with Gasteiger partial charge in [-0.1, -0.05) is 71.4 Å². The van der Waals surface area contributed by atoms with Crippen LogP contribution < -0.4 is 74.0 Å². The molecule has 0 radical (unpaired) electrons. The SMILES string of the molecule is C[C@H](O)[C@H]1O[C@@H](n2cc(F)c3c(=O)[nH]c(N)nc32)C(N)(C#CCF)[C@H]1O.C[C@H](O)[C@H]1O[C@@H](n2ccc3c(=O)[nH]c(N)nc32)C(N)(C#CCF)[C@H]1O.C[C@H](O)[C@H]1O[C@@H](n2cnc3c(=O)[nH]c(N)nc32)C(N)(C#CCF)[C@H]1O.C[C@H](O)[C@H]1O[C@@H](n2cnc3c(=S)nc(N)[nH]c32)C(N)(C#CCF)[C@H]1O.C[C@H](O)[C@H]1O[C@@H](n2cnc3cnc(N)nc32)C(N)(C#CCF)[C@H]1O. The number of aliphatic hydroxyl groups is 10. The van der Waals surface area contributed by atoms with Gasteiger partial charge in [0.15, 0.2) is 103 Å². The molecule has 0 spiro atoms. The van der Waals surface area contributed by atoms with Gasteiger partial charge in [-0.2, -0.15) is 19.9 Å². The topological polar surface area (TPSA) is 764 Å². The summed E-state index contributed by atoms with van der Waals surface area (Å²) in [6.07, 6.45) is -15.7. The number of alkyl halides is 5. The third-order valence-corrected chi connectivity index (χ3v) is 20.8. The summed E-state index contributed by atoms with van der Waals surface area (Å²) in [6.45, 7) is 2.23. The van der Waals surface area contributed by atoms with Crippen molar-refractivity contribution >= 4 is 97.5 Å². The number of fused-ring (bicyclic) bond motifs is 5. The summed E-state index contributed by atoms with van der Waals surface area (Å²) < 4.78 is 112. The number of H-pyrrole nitrogens is 4. The Balaban J connectivity index is 0.000000152. The first-order valence-electron chi connectivity index (χ1n) is 37.1. The van der Waals surface area contributed by atoms with Crippen molar-refractivity contribution in [2.24, 2.45) is 28.7 Å². The number of nitrogens with two attached hydrogens (primary N) is 10. The molecule has 25 atom stereocenters. The number of nitrogens with one attached hydrogen (secondary N) is 4. The zero-order valence-corrected chi connectivity index (χ0v) is 66.9. The quantitative estimate of drug-likeness (QED) is 0.0344. The number of rotatable bonds is 10. The Morgan fingerprint density at radius 2 is 0.784 bits per heavy atom. The van der Waals surface area contributed by atoms with E-state index in [9.17, 15) is 91.8 Å². The fraction of sp³-hybridized carbons (Fsp3) is 0.486. The number of imidazole rings is 3. The van der Waals surface area contributed by atoms with Gasteiger partial charge in [-0.25, -0.2) is 51.3 Å². The van der Waals surface area contributed by atoms with E-state index in [-0.39, 0.29) is 62.2 Å². The van der Waals surface area contributed by atoms with Gasteiger partial charge in [-0.3, -0.25) is 47.6 Å². The van der Waals surface area contributed by atoms with Gasteiger partial charge in [0.2, 0.25) is 23.8 Å². The van der Waals surface area contributed by atoms with Gasteiger partial charge in [-0.15, -0.1) is 0 Å². The van der Waals surface area contributed by atoms with Crippen molar-refractivity contribution in [2.75, 3.05) is 62.0 Å². The normalized spacial score (nSPS) is 30.2. The van der Waals surface area contributed by atoms with E-state index < -0.39 is 212 Å². The maximum absolute atomic E-state index is 14.3. The molecular formula is C72H86F6N28O18S. The molecule has 670 valence electrons. The molecule has 5 saturated heterocycles. The molecule has 0 aliphatic carbocycles. The zero-order chi connectivity index (χ0) is 91.8. The van der Waals surface area contributed by atoms with Gasteiger partial charge < -0.3 is 142 Å². The van der Waals surface area contributed by atoms with Gasteiger partial charge in [-0.05, 0) is 40.7 Å². The standard InChI is InChI=1S/C15H17F2N5O4.C15H18FN5O4.C14H17FN6O4.C14H17FN6O3S.C14H17FN6O3/c1-6(23)9-10(24)15(19,3-2-4-16)13(26-9)22-5-7(17)8-11(22)20-14(18)21-12(8)25;1-7(22)9-10(23)15(18,4-2-5-16)13(25-9)21-6-3-8-11(21)19-14(17)20-12(8)24;1-6(22)8-9(23)14(17,3-2-4-15)12(25-8)21-5-18-7-10(21)19-13(16)20-11(7)24;1-6(22)8-9(23)14(17,3-2-4-15)12(24-8)21-5-18-7-10(21)19-13(16)20-11(7)25;1-7(22)9-10(23)14(17,3-2-4-15)12(24-9)21-6-19-8-5-18-13(16)20-11(8)21/h5-6,9-10,13,23-24H,4,19H2,1H3,(H3,18,20,21,25);3,6-7,9-10,13,22-23H,5,18H2,1H3,(H3,17,19,20,24);5-6,8-9,12,22-23H,4,17H2,1H3,(H3,16,19,20,24);5-6,8-9,12,22-23H,4,17H2,1H3,(H3,16,19,20,25);5-7,9-10,12,22-23H,4,17H2,1H3,(H2,16,18,20)/t6-,9+,10-,13+,15?;7-,9+,10-,13+,15?;2*6-,8+,9-,12+,14?;7-,9+,10-,12+,14?/m00000/s1. The molecule has 0 amide bonds. The highest BCUT2D eigenvalue weighted by atomic mass is 32.1. The number of aliphatic hydroxyl groups excluding tert-OH is 10. The molecule has 0 saturated carbocycles. The maximum atomic E-state index is 14.3. The zero-order valence-electron chi connectivity index (χ0n) is 66.1. The van der Waals surface area contributed by atoms with Gasteiger partial charge in [0.05, 0.1) is 61.1 Å². The predicted octanol–water partition coefficient (Wildman–Crippen LogP) is -6.52. The summed E-state index contributed by atoms with van der Waals surface area (Å²) in [4.78, 5) is 81.5. The Hall–Kier alpha value is -11.9. The van der Waals surface area contributed by atoms with Gasteiger partial charge in [0.25, 0.3) is 16.7 Å². The summed E-state index contributed by atoms with van der Waals surface area (Å²) >= 11 is 5.12. The highest BCUT2D eigenvalue weighted by molar-refractivity contribution is 7.71. The van der Waals surface area contributed by atoms with Crippen molar-refractivity contribution in [3.63, 3.8) is 0 Å². The van der Waals surface area contributed by atoms with Crippen LogP contribution in [-0.2, 0) is 23.7 Å². The summed E-state index contributed by atoms with van der Waals surface area (Å²) in [5.74, 6) is 21.8. The average molecular weight is 1780 g/mol. The van der Waals surface area contributed by atoms with E-state index in [1.807, 2.05) is 0 Å². The summed E-state index contributed by atoms with van der Waals surface area (Å²) in [5, 5.41) is 101. The molecule has 5 unspecified atom stereocenters. The van der Waals surface area contributed by atoms with Crippen LogP contribution in [-0.4, -0.2) is 291 Å². The second-order valence-corrected chi connectivity index (χ2v) is 29.5. The highest BCUT2D eigenvalue weighted by Gasteiger charge is 2.61. The van der Waals surface area contributed by atoms with Crippen LogP contribution in [0.2, 0.25) is 0 Å². The van der Waals surface area contributed by atoms with Crippen molar-refractivity contribution < 1.29 is 101 Å². The fourth-order valence-electron chi connectivity index (χ4n) is 14.6. The molecule has 5 fully saturated rings. The number of hydrogen-bond acceptors (Lipinski definition) is 38. The largest absolute Gasteiger partial charge is 0.391 e. The number of aromatic nitrogens is 18. The summed E-state index contributed by atoms with van der Waals surface area (Å²) in [5.41, 5.74) is 49.9. The Labute approximate surface area is 703 Å². The minimum atomic E-state index is -1.90. The number of halogens is 6. The molecule has 34 N–H and O–H groups in total. The molecule has 0 aromatic carbocycles. The molecule has 15 heterocycles. The second-order valence-electron chi connectivity index (χ2n) is 29.1. The Morgan fingerprint density at radius 3 is 1.21 bits per heavy atom. The summed E-state index contributed by atoms with van der Waals surface area (Å²) in [6, 6.07) is 1.48. The second kappa shape index (κ2) is 37.1. The maximum Gasteiger partial charge on any atom is 0.280 e. The first-order valence-corrected chi connectivity index (χ1v) is 37.5. The van der Waals surface area contributed by atoms with Crippen LogP contribution in [0.4, 0.5) is 56.1 Å². The number of nitrogen functional groups attached to an aromatic ring is 5. The first-order chi connectivity index (χ1) is 59.0. The number of ether oxygens (including phenoxy) is 5. The number of hydrogen-bond donors (Lipinski definition) is 24. The van der Waals surface area contributed by atoms with Crippen molar-refractivity contribution in [3.8, 4) is 59.2 Å². The van der Waals surface area contributed by atoms with Crippen molar-refractivity contribution in [3.05, 3.63) is 85.2 Å². The van der Waals surface area contributed by atoms with E-state index in [0.717, 1.165) is 10.8 Å². The number of nitrogens with zero attached hydrogens (tertiary/aromatic N) is 14. The smallest absolute Gasteiger partial charge is 0.280 e. The van der Waals surface area contributed by atoms with Crippen molar-refractivity contribution in [2.45, 2.75) is 185 Å². The van der Waals surface area contributed by atoms with Gasteiger partial charge in [0, 0.05) is 12.4 Å².